The van der Waals surface area contributed by atoms with Gasteiger partial charge in [0, 0.05) is 5.56 Å². The van der Waals surface area contributed by atoms with Crippen LogP contribution in [0.3, 0.4) is 0 Å². The number of phenols is 1. The predicted octanol–water partition coefficient (Wildman–Crippen LogP) is 4.07. The molecule has 2 aromatic rings. The van der Waals surface area contributed by atoms with Gasteiger partial charge in [0.05, 0.1) is 6.61 Å². The highest BCUT2D eigenvalue weighted by Crippen LogP contribution is 2.33. The lowest BCUT2D eigenvalue weighted by Gasteiger charge is -2.11. The van der Waals surface area contributed by atoms with E-state index in [1.165, 1.54) is 0 Å². The first-order chi connectivity index (χ1) is 8.61. The summed E-state index contributed by atoms with van der Waals surface area (Å²) in [6.45, 7) is 6.62. The van der Waals surface area contributed by atoms with Crippen LogP contribution in [0.4, 0.5) is 0 Å². The maximum atomic E-state index is 10.0. The molecule has 94 valence electrons. The molecule has 0 bridgehead atoms. The number of rotatable bonds is 3. The minimum atomic E-state index is 0.322. The predicted molar refractivity (Wildman–Crippen MR) is 74.2 cm³/mol. The second-order valence-electron chi connectivity index (χ2n) is 4.43. The molecule has 1 N–H and O–H groups in total. The van der Waals surface area contributed by atoms with E-state index in [2.05, 4.69) is 0 Å². The summed E-state index contributed by atoms with van der Waals surface area (Å²) in [6, 6.07) is 11.7. The molecule has 0 aromatic heterocycles. The van der Waals surface area contributed by atoms with E-state index < -0.39 is 0 Å². The zero-order valence-corrected chi connectivity index (χ0v) is 11.0. The molecule has 0 aliphatic rings. The van der Waals surface area contributed by atoms with Crippen molar-refractivity contribution < 1.29 is 9.84 Å². The molecule has 0 aliphatic carbocycles. The molecule has 0 radical (unpaired) electrons. The van der Waals surface area contributed by atoms with Gasteiger partial charge in [0.25, 0.3) is 0 Å². The van der Waals surface area contributed by atoms with Gasteiger partial charge >= 0.3 is 0 Å². The zero-order chi connectivity index (χ0) is 13.1. The number of hydrogen-bond donors (Lipinski definition) is 1. The highest BCUT2D eigenvalue weighted by molar-refractivity contribution is 5.73. The summed E-state index contributed by atoms with van der Waals surface area (Å²) < 4.78 is 5.46. The van der Waals surface area contributed by atoms with E-state index in [0.29, 0.717) is 12.4 Å². The second kappa shape index (κ2) is 5.13. The van der Waals surface area contributed by atoms with Crippen molar-refractivity contribution in [1.29, 1.82) is 0 Å². The van der Waals surface area contributed by atoms with E-state index in [0.717, 1.165) is 28.0 Å². The molecule has 2 nitrogen and oxygen atoms in total. The van der Waals surface area contributed by atoms with Crippen LogP contribution in [0.25, 0.3) is 11.1 Å². The quantitative estimate of drug-likeness (QED) is 0.879. The third-order valence-electron chi connectivity index (χ3n) is 2.95. The Morgan fingerprint density at radius 2 is 1.72 bits per heavy atom. The van der Waals surface area contributed by atoms with Crippen LogP contribution in [0.5, 0.6) is 11.5 Å². The van der Waals surface area contributed by atoms with Gasteiger partial charge in [-0.05, 0) is 55.7 Å². The third-order valence-corrected chi connectivity index (χ3v) is 2.95. The molecule has 0 fully saturated rings. The Morgan fingerprint density at radius 1 is 1.00 bits per heavy atom. The van der Waals surface area contributed by atoms with Crippen molar-refractivity contribution in [2.45, 2.75) is 20.8 Å². The minimum Gasteiger partial charge on any atom is -0.507 e. The molecule has 2 heteroatoms. The Labute approximate surface area is 108 Å². The van der Waals surface area contributed by atoms with Gasteiger partial charge < -0.3 is 9.84 Å². The van der Waals surface area contributed by atoms with Crippen molar-refractivity contribution in [3.63, 3.8) is 0 Å². The number of phenolic OH excluding ortho intramolecular Hbond substituents is 1. The van der Waals surface area contributed by atoms with Crippen LogP contribution in [0.2, 0.25) is 0 Å². The van der Waals surface area contributed by atoms with Crippen LogP contribution < -0.4 is 4.74 Å². The highest BCUT2D eigenvalue weighted by atomic mass is 16.5. The summed E-state index contributed by atoms with van der Waals surface area (Å²) in [6.07, 6.45) is 0. The fourth-order valence-corrected chi connectivity index (χ4v) is 2.06. The summed E-state index contributed by atoms with van der Waals surface area (Å²) >= 11 is 0. The lowest BCUT2D eigenvalue weighted by Crippen LogP contribution is -1.92. The van der Waals surface area contributed by atoms with Crippen molar-refractivity contribution in [2.24, 2.45) is 0 Å². The first-order valence-corrected chi connectivity index (χ1v) is 6.15. The maximum absolute atomic E-state index is 10.0. The van der Waals surface area contributed by atoms with Gasteiger partial charge in [-0.25, -0.2) is 0 Å². The van der Waals surface area contributed by atoms with E-state index in [9.17, 15) is 5.11 Å². The summed E-state index contributed by atoms with van der Waals surface area (Å²) in [7, 11) is 0. The van der Waals surface area contributed by atoms with Crippen LogP contribution in [0.15, 0.2) is 36.4 Å². The van der Waals surface area contributed by atoms with E-state index in [4.69, 9.17) is 4.74 Å². The molecule has 0 saturated carbocycles. The summed E-state index contributed by atoms with van der Waals surface area (Å²) in [5.74, 6) is 1.19. The number of benzene rings is 2. The average molecular weight is 242 g/mol. The van der Waals surface area contributed by atoms with Crippen LogP contribution in [-0.4, -0.2) is 11.7 Å². The molecule has 2 rings (SSSR count). The molecule has 0 amide bonds. The van der Waals surface area contributed by atoms with Gasteiger partial charge in [-0.2, -0.15) is 0 Å². The molecular formula is C16H18O2. The van der Waals surface area contributed by atoms with Gasteiger partial charge in [-0.1, -0.05) is 18.2 Å². The third kappa shape index (κ3) is 2.48. The van der Waals surface area contributed by atoms with Crippen LogP contribution >= 0.6 is 0 Å². The summed E-state index contributed by atoms with van der Waals surface area (Å²) in [5.41, 5.74) is 4.05. The zero-order valence-electron chi connectivity index (χ0n) is 11.0. The van der Waals surface area contributed by atoms with E-state index in [1.54, 1.807) is 6.07 Å². The van der Waals surface area contributed by atoms with Crippen LogP contribution in [-0.2, 0) is 0 Å². The second-order valence-corrected chi connectivity index (χ2v) is 4.43. The SMILES string of the molecule is CCOc1ccc(-c2ccc(C)cc2O)c(C)c1. The van der Waals surface area contributed by atoms with Gasteiger partial charge in [-0.3, -0.25) is 0 Å². The van der Waals surface area contributed by atoms with Gasteiger partial charge in [0.1, 0.15) is 11.5 Å². The topological polar surface area (TPSA) is 29.5 Å². The Kier molecular flexibility index (Phi) is 3.56. The van der Waals surface area contributed by atoms with E-state index in [-0.39, 0.29) is 0 Å². The maximum Gasteiger partial charge on any atom is 0.123 e. The average Bonchev–Trinajstić information content (AvgIpc) is 2.31. The van der Waals surface area contributed by atoms with Gasteiger partial charge in [-0.15, -0.1) is 0 Å². The highest BCUT2D eigenvalue weighted by Gasteiger charge is 2.08. The van der Waals surface area contributed by atoms with Crippen LogP contribution in [0, 0.1) is 13.8 Å². The number of aryl methyl sites for hydroxylation is 2. The first kappa shape index (κ1) is 12.5. The summed E-state index contributed by atoms with van der Waals surface area (Å²) in [5, 5.41) is 10.0. The Balaban J connectivity index is 2.44. The number of ether oxygens (including phenoxy) is 1. The Bertz CT molecular complexity index is 559. The van der Waals surface area contributed by atoms with Crippen molar-refractivity contribution in [3.05, 3.63) is 47.5 Å². The molecule has 0 spiro atoms. The standard InChI is InChI=1S/C16H18O2/c1-4-18-13-6-8-14(12(3)10-13)15-7-5-11(2)9-16(15)17/h5-10,17H,4H2,1-3H3. The fraction of sp³-hybridized carbons (Fsp3) is 0.250. The molecule has 2 aromatic carbocycles. The molecular weight excluding hydrogens is 224 g/mol. The van der Waals surface area contributed by atoms with Crippen LogP contribution in [0.1, 0.15) is 18.1 Å². The normalized spacial score (nSPS) is 10.4. The molecule has 0 unspecified atom stereocenters. The largest absolute Gasteiger partial charge is 0.507 e. The monoisotopic (exact) mass is 242 g/mol. The molecule has 0 heterocycles. The lowest BCUT2D eigenvalue weighted by atomic mass is 9.98. The van der Waals surface area contributed by atoms with E-state index in [1.807, 2.05) is 51.1 Å². The molecule has 0 aliphatic heterocycles. The van der Waals surface area contributed by atoms with Crippen molar-refractivity contribution in [2.75, 3.05) is 6.61 Å². The van der Waals surface area contributed by atoms with Crippen molar-refractivity contribution in [3.8, 4) is 22.6 Å². The van der Waals surface area contributed by atoms with Crippen molar-refractivity contribution >= 4 is 0 Å². The van der Waals surface area contributed by atoms with Gasteiger partial charge in [0.15, 0.2) is 0 Å². The first-order valence-electron chi connectivity index (χ1n) is 6.15. The smallest absolute Gasteiger partial charge is 0.123 e. The van der Waals surface area contributed by atoms with Crippen molar-refractivity contribution in [1.82, 2.24) is 0 Å². The minimum absolute atomic E-state index is 0.322. The fourth-order valence-electron chi connectivity index (χ4n) is 2.06. The summed E-state index contributed by atoms with van der Waals surface area (Å²) in [4.78, 5) is 0. The lowest BCUT2D eigenvalue weighted by molar-refractivity contribution is 0.340. The molecule has 0 atom stereocenters. The number of hydrogen-bond acceptors (Lipinski definition) is 2. The molecule has 0 saturated heterocycles. The Morgan fingerprint density at radius 3 is 2.33 bits per heavy atom. The number of aromatic hydroxyl groups is 1. The van der Waals surface area contributed by atoms with Gasteiger partial charge in [0.2, 0.25) is 0 Å². The van der Waals surface area contributed by atoms with E-state index >= 15 is 0 Å². The molecule has 18 heavy (non-hydrogen) atoms. The Hall–Kier alpha value is -1.96.